The summed E-state index contributed by atoms with van der Waals surface area (Å²) in [6.45, 7) is 0.193. The van der Waals surface area contributed by atoms with Crippen LogP contribution in [0.2, 0.25) is 0 Å². The lowest BCUT2D eigenvalue weighted by Crippen LogP contribution is -2.13. The van der Waals surface area contributed by atoms with Crippen molar-refractivity contribution in [2.75, 3.05) is 5.32 Å². The van der Waals surface area contributed by atoms with Crippen LogP contribution in [-0.4, -0.2) is 14.9 Å². The van der Waals surface area contributed by atoms with E-state index in [9.17, 15) is 14.9 Å². The SMILES string of the molecule is O=c1[nH]c(NCc2ccccc2[N+](=O)[O-])nc2ccccc12. The number of benzene rings is 2. The largest absolute Gasteiger partial charge is 0.351 e. The average Bonchev–Trinajstić information content (AvgIpc) is 2.53. The molecule has 0 atom stereocenters. The number of rotatable bonds is 4. The van der Waals surface area contributed by atoms with Crippen LogP contribution in [0.25, 0.3) is 10.9 Å². The van der Waals surface area contributed by atoms with Gasteiger partial charge in [-0.05, 0) is 12.1 Å². The van der Waals surface area contributed by atoms with Crippen molar-refractivity contribution in [1.29, 1.82) is 0 Å². The summed E-state index contributed by atoms with van der Waals surface area (Å²) in [5.74, 6) is 0.279. The van der Waals surface area contributed by atoms with E-state index in [1.807, 2.05) is 0 Å². The molecular formula is C15H12N4O3. The molecule has 7 heteroatoms. The Bertz CT molecular complexity index is 904. The molecule has 0 aliphatic carbocycles. The van der Waals surface area contributed by atoms with E-state index in [4.69, 9.17) is 0 Å². The number of anilines is 1. The molecule has 0 saturated heterocycles. The van der Waals surface area contributed by atoms with Crippen LogP contribution >= 0.6 is 0 Å². The summed E-state index contributed by atoms with van der Waals surface area (Å²) < 4.78 is 0. The van der Waals surface area contributed by atoms with Crippen molar-refractivity contribution in [2.24, 2.45) is 0 Å². The van der Waals surface area contributed by atoms with E-state index in [1.54, 1.807) is 42.5 Å². The Morgan fingerprint density at radius 2 is 1.86 bits per heavy atom. The summed E-state index contributed by atoms with van der Waals surface area (Å²) in [6, 6.07) is 13.4. The quantitative estimate of drug-likeness (QED) is 0.569. The van der Waals surface area contributed by atoms with Gasteiger partial charge in [-0.2, -0.15) is 0 Å². The Labute approximate surface area is 124 Å². The third-order valence-corrected chi connectivity index (χ3v) is 3.25. The molecule has 1 aromatic heterocycles. The molecule has 0 fully saturated rings. The number of aromatic nitrogens is 2. The number of nitro groups is 1. The predicted molar refractivity (Wildman–Crippen MR) is 82.8 cm³/mol. The number of nitrogens with one attached hydrogen (secondary N) is 2. The highest BCUT2D eigenvalue weighted by Crippen LogP contribution is 2.18. The van der Waals surface area contributed by atoms with Crippen molar-refractivity contribution in [1.82, 2.24) is 9.97 Å². The van der Waals surface area contributed by atoms with Crippen LogP contribution in [0.3, 0.4) is 0 Å². The van der Waals surface area contributed by atoms with Gasteiger partial charge in [0, 0.05) is 18.2 Å². The normalized spacial score (nSPS) is 10.5. The molecule has 1 heterocycles. The molecule has 0 amide bonds. The Morgan fingerprint density at radius 3 is 2.68 bits per heavy atom. The molecule has 3 aromatic rings. The molecule has 0 saturated carbocycles. The summed E-state index contributed by atoms with van der Waals surface area (Å²) in [4.78, 5) is 29.4. The van der Waals surface area contributed by atoms with Gasteiger partial charge in [0.05, 0.1) is 15.8 Å². The van der Waals surface area contributed by atoms with Gasteiger partial charge in [0.25, 0.3) is 11.2 Å². The van der Waals surface area contributed by atoms with Crippen LogP contribution in [0.5, 0.6) is 0 Å². The van der Waals surface area contributed by atoms with Crippen molar-refractivity contribution in [3.05, 3.63) is 74.6 Å². The number of aromatic amines is 1. The van der Waals surface area contributed by atoms with Crippen LogP contribution < -0.4 is 10.9 Å². The maximum absolute atomic E-state index is 11.9. The number of fused-ring (bicyclic) bond motifs is 1. The average molecular weight is 296 g/mol. The second-order valence-electron chi connectivity index (χ2n) is 4.67. The van der Waals surface area contributed by atoms with E-state index in [0.29, 0.717) is 16.5 Å². The first-order valence-corrected chi connectivity index (χ1v) is 6.60. The van der Waals surface area contributed by atoms with E-state index in [0.717, 1.165) is 0 Å². The number of H-pyrrole nitrogens is 1. The second-order valence-corrected chi connectivity index (χ2v) is 4.67. The van der Waals surface area contributed by atoms with Crippen LogP contribution in [0.4, 0.5) is 11.6 Å². The minimum atomic E-state index is -0.437. The predicted octanol–water partition coefficient (Wildman–Crippen LogP) is 2.44. The van der Waals surface area contributed by atoms with Crippen molar-refractivity contribution < 1.29 is 4.92 Å². The molecule has 7 nitrogen and oxygen atoms in total. The molecule has 22 heavy (non-hydrogen) atoms. The first-order valence-electron chi connectivity index (χ1n) is 6.60. The lowest BCUT2D eigenvalue weighted by molar-refractivity contribution is -0.385. The van der Waals surface area contributed by atoms with Gasteiger partial charge in [-0.1, -0.05) is 30.3 Å². The molecule has 0 spiro atoms. The zero-order valence-electron chi connectivity index (χ0n) is 11.4. The molecule has 0 aliphatic heterocycles. The molecule has 2 aromatic carbocycles. The minimum absolute atomic E-state index is 0.0261. The highest BCUT2D eigenvalue weighted by atomic mass is 16.6. The van der Waals surface area contributed by atoms with E-state index in [2.05, 4.69) is 15.3 Å². The van der Waals surface area contributed by atoms with Crippen LogP contribution in [0, 0.1) is 10.1 Å². The Hall–Kier alpha value is -3.22. The molecule has 0 unspecified atom stereocenters. The number of nitrogens with zero attached hydrogens (tertiary/aromatic N) is 2. The summed E-state index contributed by atoms with van der Waals surface area (Å²) in [5.41, 5.74) is 0.855. The third kappa shape index (κ3) is 2.64. The van der Waals surface area contributed by atoms with Gasteiger partial charge < -0.3 is 5.32 Å². The van der Waals surface area contributed by atoms with E-state index < -0.39 is 4.92 Å². The van der Waals surface area contributed by atoms with E-state index in [1.165, 1.54) is 6.07 Å². The molecular weight excluding hydrogens is 284 g/mol. The van der Waals surface area contributed by atoms with Gasteiger partial charge in [-0.25, -0.2) is 4.98 Å². The summed E-state index contributed by atoms with van der Waals surface area (Å²) in [5, 5.41) is 14.4. The molecule has 0 aliphatic rings. The summed E-state index contributed by atoms with van der Waals surface area (Å²) >= 11 is 0. The van der Waals surface area contributed by atoms with Crippen molar-refractivity contribution in [3.63, 3.8) is 0 Å². The minimum Gasteiger partial charge on any atom is -0.351 e. The lowest BCUT2D eigenvalue weighted by Gasteiger charge is -2.07. The highest BCUT2D eigenvalue weighted by molar-refractivity contribution is 5.78. The monoisotopic (exact) mass is 296 g/mol. The fraction of sp³-hybridized carbons (Fsp3) is 0.0667. The van der Waals surface area contributed by atoms with Gasteiger partial charge in [-0.15, -0.1) is 0 Å². The zero-order chi connectivity index (χ0) is 15.5. The van der Waals surface area contributed by atoms with E-state index >= 15 is 0 Å². The fourth-order valence-electron chi connectivity index (χ4n) is 2.19. The van der Waals surface area contributed by atoms with E-state index in [-0.39, 0.29) is 23.7 Å². The number of para-hydroxylation sites is 2. The summed E-state index contributed by atoms with van der Waals surface area (Å²) in [6.07, 6.45) is 0. The standard InChI is InChI=1S/C15H12N4O3/c20-14-11-6-2-3-7-12(11)17-15(18-14)16-9-10-5-1-4-8-13(10)19(21)22/h1-8H,9H2,(H2,16,17,18,20). The molecule has 0 bridgehead atoms. The Morgan fingerprint density at radius 1 is 1.14 bits per heavy atom. The molecule has 2 N–H and O–H groups in total. The lowest BCUT2D eigenvalue weighted by atomic mass is 10.2. The smallest absolute Gasteiger partial charge is 0.274 e. The molecule has 110 valence electrons. The van der Waals surface area contributed by atoms with Crippen molar-refractivity contribution in [2.45, 2.75) is 6.54 Å². The first-order chi connectivity index (χ1) is 10.6. The molecule has 3 rings (SSSR count). The number of hydrogen-bond donors (Lipinski definition) is 2. The van der Waals surface area contributed by atoms with Gasteiger partial charge in [0.15, 0.2) is 0 Å². The first kappa shape index (κ1) is 13.7. The third-order valence-electron chi connectivity index (χ3n) is 3.25. The summed E-state index contributed by atoms with van der Waals surface area (Å²) in [7, 11) is 0. The van der Waals surface area contributed by atoms with Gasteiger partial charge in [0.1, 0.15) is 0 Å². The number of nitro benzene ring substituents is 1. The van der Waals surface area contributed by atoms with Crippen LogP contribution in [-0.2, 0) is 6.54 Å². The maximum Gasteiger partial charge on any atom is 0.274 e. The van der Waals surface area contributed by atoms with Crippen LogP contribution in [0.15, 0.2) is 53.3 Å². The second kappa shape index (κ2) is 5.65. The van der Waals surface area contributed by atoms with Gasteiger partial charge in [0.2, 0.25) is 5.95 Å². The topological polar surface area (TPSA) is 101 Å². The fourth-order valence-corrected chi connectivity index (χ4v) is 2.19. The molecule has 0 radical (unpaired) electrons. The van der Waals surface area contributed by atoms with Gasteiger partial charge >= 0.3 is 0 Å². The Kier molecular flexibility index (Phi) is 3.53. The maximum atomic E-state index is 11.9. The zero-order valence-corrected chi connectivity index (χ0v) is 11.4. The van der Waals surface area contributed by atoms with Crippen LogP contribution in [0.1, 0.15) is 5.56 Å². The number of hydrogen-bond acceptors (Lipinski definition) is 5. The van der Waals surface area contributed by atoms with Crippen molar-refractivity contribution >= 4 is 22.5 Å². The van der Waals surface area contributed by atoms with Crippen molar-refractivity contribution in [3.8, 4) is 0 Å². The Balaban J connectivity index is 1.89. The van der Waals surface area contributed by atoms with Gasteiger partial charge in [-0.3, -0.25) is 19.9 Å². The highest BCUT2D eigenvalue weighted by Gasteiger charge is 2.12.